The Morgan fingerprint density at radius 3 is 2.04 bits per heavy atom. The predicted molar refractivity (Wildman–Crippen MR) is 220 cm³/mol. The lowest BCUT2D eigenvalue weighted by atomic mass is 9.77. The highest BCUT2D eigenvalue weighted by atomic mass is 16.5. The highest BCUT2D eigenvalue weighted by molar-refractivity contribution is 5.98. The molecule has 0 saturated carbocycles. The summed E-state index contributed by atoms with van der Waals surface area (Å²) in [4.78, 5) is 33.6. The number of rotatable bonds is 12. The van der Waals surface area contributed by atoms with Crippen molar-refractivity contribution >= 4 is 11.8 Å². The van der Waals surface area contributed by atoms with Gasteiger partial charge >= 0.3 is 0 Å². The summed E-state index contributed by atoms with van der Waals surface area (Å²) >= 11 is 0. The van der Waals surface area contributed by atoms with Crippen LogP contribution in [0.25, 0.3) is 11.1 Å². The molecule has 4 aliphatic rings. The number of methoxy groups -OCH3 is 1. The summed E-state index contributed by atoms with van der Waals surface area (Å²) in [6.45, 7) is 7.48. The first-order valence-corrected chi connectivity index (χ1v) is 20.5. The van der Waals surface area contributed by atoms with Gasteiger partial charge in [0.2, 0.25) is 0 Å². The van der Waals surface area contributed by atoms with E-state index < -0.39 is 0 Å². The van der Waals surface area contributed by atoms with Crippen molar-refractivity contribution in [2.24, 2.45) is 0 Å². The van der Waals surface area contributed by atoms with Gasteiger partial charge in [-0.3, -0.25) is 19.4 Å². The molecule has 0 radical (unpaired) electrons. The molecule has 1 unspecified atom stereocenters. The van der Waals surface area contributed by atoms with Gasteiger partial charge in [0.1, 0.15) is 0 Å². The molecule has 0 spiro atoms. The molecule has 4 aromatic rings. The predicted octanol–water partition coefficient (Wildman–Crippen LogP) is 8.36. The van der Waals surface area contributed by atoms with Crippen molar-refractivity contribution < 1.29 is 14.3 Å². The number of carbonyl (C=O) groups is 2. The van der Waals surface area contributed by atoms with Gasteiger partial charge in [0.15, 0.2) is 0 Å². The average molecular weight is 750 g/mol. The largest absolute Gasteiger partial charge is 0.383 e. The Morgan fingerprint density at radius 1 is 0.768 bits per heavy atom. The first kappa shape index (κ1) is 38.1. The maximum absolute atomic E-state index is 14.4. The molecule has 8 heteroatoms. The number of carbonyl (C=O) groups excluding carboxylic acids is 2. The number of likely N-dealkylation sites (N-methyl/N-ethyl adjacent to an activating group) is 1. The highest BCUT2D eigenvalue weighted by Crippen LogP contribution is 2.54. The normalized spacial score (nSPS) is 25.2. The van der Waals surface area contributed by atoms with E-state index in [2.05, 4.69) is 63.9 Å². The van der Waals surface area contributed by atoms with Crippen molar-refractivity contribution in [3.8, 4) is 17.2 Å². The second kappa shape index (κ2) is 15.3. The van der Waals surface area contributed by atoms with E-state index in [-0.39, 0.29) is 35.0 Å². The van der Waals surface area contributed by atoms with Gasteiger partial charge in [0.05, 0.1) is 30.3 Å². The Balaban J connectivity index is 1.12. The first-order valence-electron chi connectivity index (χ1n) is 20.5. The second-order valence-corrected chi connectivity index (χ2v) is 16.9. The van der Waals surface area contributed by atoms with E-state index in [0.717, 1.165) is 102 Å². The maximum Gasteiger partial charge on any atom is 0.252 e. The average Bonchev–Trinajstić information content (AvgIpc) is 3.94. The molecule has 4 aromatic carbocycles. The lowest BCUT2D eigenvalue weighted by Gasteiger charge is -2.42. The zero-order valence-electron chi connectivity index (χ0n) is 33.5. The van der Waals surface area contributed by atoms with Crippen molar-refractivity contribution in [1.82, 2.24) is 20.4 Å². The van der Waals surface area contributed by atoms with Gasteiger partial charge in [-0.25, -0.2) is 0 Å². The van der Waals surface area contributed by atoms with E-state index in [1.807, 2.05) is 75.4 Å². The molecule has 2 N–H and O–H groups in total. The molecule has 4 bridgehead atoms. The Bertz CT molecular complexity index is 2140. The van der Waals surface area contributed by atoms with Crippen molar-refractivity contribution in [1.29, 1.82) is 5.26 Å². The van der Waals surface area contributed by atoms with Crippen LogP contribution in [0.3, 0.4) is 0 Å². The number of nitrogens with zero attached hydrogens (tertiary/aromatic N) is 3. The standard InChI is InChI=1S/C48H55N5O3/c1-31-10-9-11-32(2)42(31)46(55)51-44(47-22-18-38(19-23-47)52(47)4)36-14-15-37(30-49)41(29-36)35-16-17-40(33(3)28-35)45(54)50-43(34-12-7-6-8-13-34)48-24-20-39(21-25-48)53(48)26-27-56-5/h6-17,28-29,38-39,43-44H,18-27H2,1-5H3,(H,50,54)(H,51,55)/t38?,39?,43-,44?,47?,48?/m1/s1. The maximum atomic E-state index is 14.4. The molecule has 8 rings (SSSR count). The van der Waals surface area contributed by atoms with Crippen molar-refractivity contribution in [2.45, 2.75) is 107 Å². The summed E-state index contributed by atoms with van der Waals surface area (Å²) in [5.74, 6) is -0.163. The van der Waals surface area contributed by atoms with Crippen molar-refractivity contribution in [3.05, 3.63) is 129 Å². The van der Waals surface area contributed by atoms with E-state index in [0.29, 0.717) is 29.8 Å². The van der Waals surface area contributed by atoms with Gasteiger partial charge in [-0.1, -0.05) is 66.7 Å². The summed E-state index contributed by atoms with van der Waals surface area (Å²) in [6.07, 6.45) is 8.55. The molecule has 4 aliphatic heterocycles. The Hall–Kier alpha value is -4.81. The van der Waals surface area contributed by atoms with Crippen LogP contribution in [-0.4, -0.2) is 72.1 Å². The van der Waals surface area contributed by atoms with Crippen LogP contribution in [0, 0.1) is 32.1 Å². The molecular weight excluding hydrogens is 695 g/mol. The number of nitrogens with one attached hydrogen (secondary N) is 2. The first-order chi connectivity index (χ1) is 27.1. The number of hydrogen-bond donors (Lipinski definition) is 2. The van der Waals surface area contributed by atoms with Gasteiger partial charge in [-0.05, 0) is 136 Å². The lowest BCUT2D eigenvalue weighted by Crippen LogP contribution is -2.53. The number of nitriles is 1. The number of fused-ring (bicyclic) bond motifs is 4. The minimum atomic E-state index is -0.271. The highest BCUT2D eigenvalue weighted by Gasteiger charge is 2.57. The SMILES string of the molecule is COCCN1C2CCC1([C@H](NC(=O)c1ccc(-c3cc(C(NC(=O)c4c(C)cccc4C)C45CCC(CC4)N5C)ccc3C#N)cc1C)c1ccccc1)CC2. The third-order valence-electron chi connectivity index (χ3n) is 14.2. The molecule has 4 heterocycles. The van der Waals surface area contributed by atoms with Gasteiger partial charge < -0.3 is 15.4 Å². The van der Waals surface area contributed by atoms with E-state index in [1.54, 1.807) is 7.11 Å². The summed E-state index contributed by atoms with van der Waals surface area (Å²) < 4.78 is 5.53. The van der Waals surface area contributed by atoms with Crippen LogP contribution in [-0.2, 0) is 4.74 Å². The van der Waals surface area contributed by atoms with Gasteiger partial charge in [0.25, 0.3) is 11.8 Å². The van der Waals surface area contributed by atoms with Gasteiger partial charge in [-0.2, -0.15) is 5.26 Å². The number of benzene rings is 4. The fourth-order valence-electron chi connectivity index (χ4n) is 11.3. The van der Waals surface area contributed by atoms with E-state index in [1.165, 1.54) is 0 Å². The van der Waals surface area contributed by atoms with Crippen molar-refractivity contribution in [3.63, 3.8) is 0 Å². The molecule has 8 nitrogen and oxygen atoms in total. The molecule has 56 heavy (non-hydrogen) atoms. The smallest absolute Gasteiger partial charge is 0.252 e. The molecule has 2 atom stereocenters. The van der Waals surface area contributed by atoms with Gasteiger partial charge in [-0.15, -0.1) is 0 Å². The Labute approximate surface area is 332 Å². The third kappa shape index (κ3) is 6.44. The van der Waals surface area contributed by atoms with Crippen molar-refractivity contribution in [2.75, 3.05) is 27.3 Å². The minimum absolute atomic E-state index is 0.0678. The summed E-state index contributed by atoms with van der Waals surface area (Å²) in [7, 11) is 3.96. The quantitative estimate of drug-likeness (QED) is 0.151. The van der Waals surface area contributed by atoms with E-state index in [9.17, 15) is 14.9 Å². The molecule has 2 amide bonds. The zero-order chi connectivity index (χ0) is 39.2. The molecule has 0 aromatic heterocycles. The van der Waals surface area contributed by atoms with Crippen LogP contribution < -0.4 is 10.6 Å². The Morgan fingerprint density at radius 2 is 1.41 bits per heavy atom. The van der Waals surface area contributed by atoms with Gasteiger partial charge in [0, 0.05) is 47.9 Å². The van der Waals surface area contributed by atoms with Crippen LogP contribution in [0.1, 0.15) is 118 Å². The number of hydrogen-bond acceptors (Lipinski definition) is 6. The monoisotopic (exact) mass is 749 g/mol. The Kier molecular flexibility index (Phi) is 10.4. The van der Waals surface area contributed by atoms with Crippen LogP contribution in [0.2, 0.25) is 0 Å². The number of ether oxygens (including phenoxy) is 1. The molecule has 0 aliphatic carbocycles. The lowest BCUT2D eigenvalue weighted by molar-refractivity contribution is 0.0638. The summed E-state index contributed by atoms with van der Waals surface area (Å²) in [6, 6.07) is 31.3. The molecule has 290 valence electrons. The van der Waals surface area contributed by atoms with E-state index >= 15 is 0 Å². The third-order valence-corrected chi connectivity index (χ3v) is 14.2. The topological polar surface area (TPSA) is 97.7 Å². The summed E-state index contributed by atoms with van der Waals surface area (Å²) in [5, 5.41) is 17.4. The molecule has 4 saturated heterocycles. The number of amides is 2. The van der Waals surface area contributed by atoms with E-state index in [4.69, 9.17) is 4.74 Å². The summed E-state index contributed by atoms with van der Waals surface area (Å²) in [5.41, 5.74) is 8.07. The number of aryl methyl sites for hydroxylation is 3. The van der Waals surface area contributed by atoms with Crippen LogP contribution in [0.5, 0.6) is 0 Å². The fourth-order valence-corrected chi connectivity index (χ4v) is 11.3. The molecular formula is C48H55N5O3. The fraction of sp³-hybridized carbons (Fsp3) is 0.438. The molecule has 4 fully saturated rings. The minimum Gasteiger partial charge on any atom is -0.383 e. The zero-order valence-corrected chi connectivity index (χ0v) is 33.5. The second-order valence-electron chi connectivity index (χ2n) is 16.9. The van der Waals surface area contributed by atoms with Crippen LogP contribution >= 0.6 is 0 Å². The van der Waals surface area contributed by atoms with Crippen LogP contribution in [0.4, 0.5) is 0 Å². The van der Waals surface area contributed by atoms with Crippen LogP contribution in [0.15, 0.2) is 84.9 Å².